The molecule has 1 aliphatic carbocycles. The molecule has 1 atom stereocenters. The zero-order chi connectivity index (χ0) is 11.4. The topological polar surface area (TPSA) is 26.0 Å². The van der Waals surface area contributed by atoms with Crippen molar-refractivity contribution in [1.82, 2.24) is 0 Å². The fraction of sp³-hybridized carbons (Fsp3) is 0.429. The Kier molecular flexibility index (Phi) is 4.08. The van der Waals surface area contributed by atoms with Gasteiger partial charge in [-0.3, -0.25) is 0 Å². The summed E-state index contributed by atoms with van der Waals surface area (Å²) in [6, 6.07) is 8.58. The molecule has 0 heterocycles. The fourth-order valence-electron chi connectivity index (χ4n) is 2.27. The fourth-order valence-corrected chi connectivity index (χ4v) is 2.91. The molecule has 0 fully saturated rings. The van der Waals surface area contributed by atoms with E-state index in [2.05, 4.69) is 36.6 Å². The highest BCUT2D eigenvalue weighted by Crippen LogP contribution is 2.32. The molecule has 1 aromatic carbocycles. The Morgan fingerprint density at radius 2 is 2.06 bits per heavy atom. The van der Waals surface area contributed by atoms with Gasteiger partial charge in [-0.1, -0.05) is 29.8 Å². The molecule has 1 nitrogen and oxygen atoms in total. The molecule has 1 unspecified atom stereocenters. The molecule has 0 radical (unpaired) electrons. The van der Waals surface area contributed by atoms with Crippen LogP contribution in [0.3, 0.4) is 0 Å². The lowest BCUT2D eigenvalue weighted by Gasteiger charge is -2.21. The molecule has 0 spiro atoms. The largest absolute Gasteiger partial charge is 0.321 e. The van der Waals surface area contributed by atoms with E-state index < -0.39 is 0 Å². The summed E-state index contributed by atoms with van der Waals surface area (Å²) >= 11 is 1.78. The van der Waals surface area contributed by atoms with Gasteiger partial charge < -0.3 is 5.73 Å². The maximum absolute atomic E-state index is 6.36. The summed E-state index contributed by atoms with van der Waals surface area (Å²) in [5, 5.41) is 0. The van der Waals surface area contributed by atoms with Crippen molar-refractivity contribution in [2.75, 3.05) is 6.26 Å². The Morgan fingerprint density at radius 1 is 1.25 bits per heavy atom. The molecule has 2 N–H and O–H groups in total. The van der Waals surface area contributed by atoms with E-state index in [1.165, 1.54) is 41.7 Å². The van der Waals surface area contributed by atoms with Crippen LogP contribution in [0.1, 0.15) is 37.3 Å². The molecule has 2 heteroatoms. The highest BCUT2D eigenvalue weighted by Gasteiger charge is 2.16. The van der Waals surface area contributed by atoms with Crippen LogP contribution in [0.4, 0.5) is 0 Å². The highest BCUT2D eigenvalue weighted by molar-refractivity contribution is 7.98. The third kappa shape index (κ3) is 2.50. The predicted molar refractivity (Wildman–Crippen MR) is 71.7 cm³/mol. The SMILES string of the molecule is CSc1ccccc1C(N)C1=CCCCC1. The van der Waals surface area contributed by atoms with Gasteiger partial charge in [-0.2, -0.15) is 0 Å². The van der Waals surface area contributed by atoms with E-state index in [1.807, 2.05) is 0 Å². The molecule has 0 amide bonds. The number of rotatable bonds is 3. The predicted octanol–water partition coefficient (Wildman–Crippen LogP) is 3.91. The third-order valence-electron chi connectivity index (χ3n) is 3.20. The van der Waals surface area contributed by atoms with Crippen LogP contribution in [-0.2, 0) is 0 Å². The van der Waals surface area contributed by atoms with Crippen molar-refractivity contribution in [3.05, 3.63) is 41.5 Å². The van der Waals surface area contributed by atoms with E-state index in [-0.39, 0.29) is 6.04 Å². The van der Waals surface area contributed by atoms with E-state index in [0.717, 1.165) is 0 Å². The van der Waals surface area contributed by atoms with E-state index in [1.54, 1.807) is 11.8 Å². The standard InChI is InChI=1S/C14H19NS/c1-16-13-10-6-5-9-12(13)14(15)11-7-3-2-4-8-11/h5-7,9-10,14H,2-4,8,15H2,1H3. The minimum atomic E-state index is 0.101. The van der Waals surface area contributed by atoms with Gasteiger partial charge in [-0.25, -0.2) is 0 Å². The molecule has 0 bridgehead atoms. The van der Waals surface area contributed by atoms with Crippen molar-refractivity contribution >= 4 is 11.8 Å². The molecule has 0 saturated carbocycles. The van der Waals surface area contributed by atoms with Crippen LogP contribution in [0.5, 0.6) is 0 Å². The van der Waals surface area contributed by atoms with Crippen LogP contribution in [0.2, 0.25) is 0 Å². The Hall–Kier alpha value is -0.730. The Labute approximate surface area is 102 Å². The van der Waals surface area contributed by atoms with Crippen LogP contribution in [0.15, 0.2) is 40.8 Å². The molecular formula is C14H19NS. The van der Waals surface area contributed by atoms with Crippen LogP contribution in [0.25, 0.3) is 0 Å². The molecule has 1 aromatic rings. The second-order valence-electron chi connectivity index (χ2n) is 4.24. The quantitative estimate of drug-likeness (QED) is 0.633. The van der Waals surface area contributed by atoms with Crippen LogP contribution >= 0.6 is 11.8 Å². The van der Waals surface area contributed by atoms with Gasteiger partial charge in [-0.15, -0.1) is 11.8 Å². The van der Waals surface area contributed by atoms with Crippen LogP contribution in [0, 0.1) is 0 Å². The van der Waals surface area contributed by atoms with Crippen molar-refractivity contribution in [1.29, 1.82) is 0 Å². The summed E-state index contributed by atoms with van der Waals surface area (Å²) in [5.41, 5.74) is 9.07. The van der Waals surface area contributed by atoms with E-state index in [0.29, 0.717) is 0 Å². The number of benzene rings is 1. The van der Waals surface area contributed by atoms with E-state index >= 15 is 0 Å². The normalized spacial score (nSPS) is 18.0. The Bertz CT molecular complexity index is 384. The third-order valence-corrected chi connectivity index (χ3v) is 4.01. The van der Waals surface area contributed by atoms with Crippen molar-refractivity contribution in [2.45, 2.75) is 36.6 Å². The summed E-state index contributed by atoms with van der Waals surface area (Å²) in [7, 11) is 0. The number of hydrogen-bond donors (Lipinski definition) is 1. The zero-order valence-electron chi connectivity index (χ0n) is 9.78. The number of hydrogen-bond acceptors (Lipinski definition) is 2. The summed E-state index contributed by atoms with van der Waals surface area (Å²) in [5.74, 6) is 0. The van der Waals surface area contributed by atoms with Crippen molar-refractivity contribution in [2.24, 2.45) is 5.73 Å². The van der Waals surface area contributed by atoms with Gasteiger partial charge in [0, 0.05) is 4.90 Å². The first kappa shape index (κ1) is 11.7. The molecule has 0 aliphatic heterocycles. The molecule has 16 heavy (non-hydrogen) atoms. The molecule has 2 rings (SSSR count). The molecule has 0 saturated heterocycles. The van der Waals surface area contributed by atoms with E-state index in [4.69, 9.17) is 5.73 Å². The lowest BCUT2D eigenvalue weighted by molar-refractivity contribution is 0.644. The van der Waals surface area contributed by atoms with Crippen molar-refractivity contribution in [3.8, 4) is 0 Å². The van der Waals surface area contributed by atoms with E-state index in [9.17, 15) is 0 Å². The van der Waals surface area contributed by atoms with Gasteiger partial charge in [0.25, 0.3) is 0 Å². The van der Waals surface area contributed by atoms with Gasteiger partial charge in [0.05, 0.1) is 6.04 Å². The van der Waals surface area contributed by atoms with Gasteiger partial charge in [-0.05, 0) is 43.6 Å². The van der Waals surface area contributed by atoms with Crippen LogP contribution < -0.4 is 5.73 Å². The Balaban J connectivity index is 2.25. The van der Waals surface area contributed by atoms with Crippen LogP contribution in [-0.4, -0.2) is 6.26 Å². The monoisotopic (exact) mass is 233 g/mol. The highest BCUT2D eigenvalue weighted by atomic mass is 32.2. The maximum atomic E-state index is 6.36. The van der Waals surface area contributed by atoms with Gasteiger partial charge in [0.2, 0.25) is 0 Å². The minimum Gasteiger partial charge on any atom is -0.321 e. The van der Waals surface area contributed by atoms with Crippen molar-refractivity contribution in [3.63, 3.8) is 0 Å². The molecule has 86 valence electrons. The first-order chi connectivity index (χ1) is 7.83. The van der Waals surface area contributed by atoms with Gasteiger partial charge >= 0.3 is 0 Å². The first-order valence-corrected chi connectivity index (χ1v) is 7.13. The number of thioether (sulfide) groups is 1. The average Bonchev–Trinajstić information content (AvgIpc) is 2.39. The lowest BCUT2D eigenvalue weighted by Crippen LogP contribution is -2.15. The summed E-state index contributed by atoms with van der Waals surface area (Å²) < 4.78 is 0. The minimum absolute atomic E-state index is 0.101. The molecule has 1 aliphatic rings. The lowest BCUT2D eigenvalue weighted by atomic mass is 9.90. The summed E-state index contributed by atoms with van der Waals surface area (Å²) in [6.45, 7) is 0. The summed E-state index contributed by atoms with van der Waals surface area (Å²) in [4.78, 5) is 1.31. The average molecular weight is 233 g/mol. The second-order valence-corrected chi connectivity index (χ2v) is 5.09. The number of allylic oxidation sites excluding steroid dienone is 1. The van der Waals surface area contributed by atoms with Crippen molar-refractivity contribution < 1.29 is 0 Å². The summed E-state index contributed by atoms with van der Waals surface area (Å²) in [6.07, 6.45) is 9.43. The molecular weight excluding hydrogens is 214 g/mol. The zero-order valence-corrected chi connectivity index (χ0v) is 10.6. The number of nitrogens with two attached hydrogens (primary N) is 1. The van der Waals surface area contributed by atoms with Gasteiger partial charge in [0.15, 0.2) is 0 Å². The smallest absolute Gasteiger partial charge is 0.0522 e. The van der Waals surface area contributed by atoms with Gasteiger partial charge in [0.1, 0.15) is 0 Å². The molecule has 0 aromatic heterocycles. The Morgan fingerprint density at radius 3 is 2.75 bits per heavy atom. The first-order valence-electron chi connectivity index (χ1n) is 5.90. The maximum Gasteiger partial charge on any atom is 0.0522 e. The second kappa shape index (κ2) is 5.55.